The number of hydrogen-bond acceptors (Lipinski definition) is 2. The van der Waals surface area contributed by atoms with Crippen molar-refractivity contribution in [3.63, 3.8) is 0 Å². The molecule has 0 atom stereocenters. The summed E-state index contributed by atoms with van der Waals surface area (Å²) in [6, 6.07) is 3.48. The van der Waals surface area contributed by atoms with Crippen LogP contribution in [0.4, 0.5) is 5.69 Å². The molecule has 0 saturated carbocycles. The molecule has 0 saturated heterocycles. The summed E-state index contributed by atoms with van der Waals surface area (Å²) in [5.41, 5.74) is 9.25. The molecule has 0 amide bonds. The Morgan fingerprint density at radius 3 is 2.71 bits per heavy atom. The van der Waals surface area contributed by atoms with E-state index in [1.165, 1.54) is 6.07 Å². The summed E-state index contributed by atoms with van der Waals surface area (Å²) in [6.45, 7) is 3.87. The first-order chi connectivity index (χ1) is 6.61. The van der Waals surface area contributed by atoms with Crippen LogP contribution in [0.25, 0.3) is 10.9 Å². The number of H-pyrrole nitrogens is 1. The number of aromatic amines is 1. The highest BCUT2D eigenvalue weighted by Gasteiger charge is 2.07. The minimum Gasteiger partial charge on any atom is -0.398 e. The maximum atomic E-state index is 11.6. The Labute approximate surface area is 81.6 Å². The molecule has 72 valence electrons. The lowest BCUT2D eigenvalue weighted by atomic mass is 10.0. The zero-order valence-electron chi connectivity index (χ0n) is 8.22. The van der Waals surface area contributed by atoms with Gasteiger partial charge in [-0.3, -0.25) is 4.79 Å². The van der Waals surface area contributed by atoms with E-state index in [9.17, 15) is 4.79 Å². The summed E-state index contributed by atoms with van der Waals surface area (Å²) in [7, 11) is 0. The van der Waals surface area contributed by atoms with Crippen molar-refractivity contribution in [1.29, 1.82) is 0 Å². The van der Waals surface area contributed by atoms with Gasteiger partial charge in [-0.1, -0.05) is 6.07 Å². The number of aryl methyl sites for hydroxylation is 2. The zero-order valence-corrected chi connectivity index (χ0v) is 8.22. The van der Waals surface area contributed by atoms with E-state index in [1.54, 1.807) is 6.20 Å². The molecule has 3 N–H and O–H groups in total. The fourth-order valence-electron chi connectivity index (χ4n) is 1.73. The maximum absolute atomic E-state index is 11.6. The van der Waals surface area contributed by atoms with E-state index in [2.05, 4.69) is 4.98 Å². The molecular weight excluding hydrogens is 176 g/mol. The van der Waals surface area contributed by atoms with Gasteiger partial charge in [-0.15, -0.1) is 0 Å². The number of anilines is 1. The molecule has 0 aliphatic heterocycles. The molecule has 3 nitrogen and oxygen atoms in total. The average molecular weight is 188 g/mol. The van der Waals surface area contributed by atoms with Crippen LogP contribution in [0.15, 0.2) is 23.1 Å². The normalized spacial score (nSPS) is 10.7. The number of aromatic nitrogens is 1. The summed E-state index contributed by atoms with van der Waals surface area (Å²) in [5, 5.41) is 0.602. The maximum Gasteiger partial charge on any atom is 0.191 e. The van der Waals surface area contributed by atoms with Gasteiger partial charge in [-0.2, -0.15) is 0 Å². The second-order valence-corrected chi connectivity index (χ2v) is 3.52. The molecule has 0 aliphatic rings. The van der Waals surface area contributed by atoms with Crippen LogP contribution < -0.4 is 11.2 Å². The first kappa shape index (κ1) is 8.81. The van der Waals surface area contributed by atoms with Crippen molar-refractivity contribution in [3.05, 3.63) is 39.7 Å². The van der Waals surface area contributed by atoms with Gasteiger partial charge < -0.3 is 10.7 Å². The van der Waals surface area contributed by atoms with Gasteiger partial charge in [0, 0.05) is 18.0 Å². The van der Waals surface area contributed by atoms with Crippen LogP contribution in [0.5, 0.6) is 0 Å². The van der Waals surface area contributed by atoms with Gasteiger partial charge in [0.1, 0.15) is 0 Å². The topological polar surface area (TPSA) is 58.9 Å². The van der Waals surface area contributed by atoms with Gasteiger partial charge in [0.25, 0.3) is 0 Å². The third kappa shape index (κ3) is 1.09. The molecule has 0 unspecified atom stereocenters. The molecule has 2 aromatic rings. The third-order valence-corrected chi connectivity index (χ3v) is 2.48. The smallest absolute Gasteiger partial charge is 0.191 e. The first-order valence-electron chi connectivity index (χ1n) is 4.48. The molecule has 3 heteroatoms. The van der Waals surface area contributed by atoms with Crippen LogP contribution >= 0.6 is 0 Å². The SMILES string of the molecule is Cc1cc(C)c2[nH]ccc(=O)c2c1N. The van der Waals surface area contributed by atoms with Gasteiger partial charge in [-0.05, 0) is 25.0 Å². The highest BCUT2D eigenvalue weighted by molar-refractivity contribution is 5.93. The molecule has 1 heterocycles. The van der Waals surface area contributed by atoms with Crippen molar-refractivity contribution in [2.24, 2.45) is 0 Å². The van der Waals surface area contributed by atoms with Crippen LogP contribution in [0, 0.1) is 13.8 Å². The predicted octanol–water partition coefficient (Wildman–Crippen LogP) is 1.73. The highest BCUT2D eigenvalue weighted by Crippen LogP contribution is 2.22. The number of fused-ring (bicyclic) bond motifs is 1. The van der Waals surface area contributed by atoms with E-state index in [0.29, 0.717) is 11.1 Å². The van der Waals surface area contributed by atoms with Crippen molar-refractivity contribution in [2.75, 3.05) is 5.73 Å². The monoisotopic (exact) mass is 188 g/mol. The largest absolute Gasteiger partial charge is 0.398 e. The Bertz CT molecular complexity index is 555. The lowest BCUT2D eigenvalue weighted by Crippen LogP contribution is -2.06. The summed E-state index contributed by atoms with van der Waals surface area (Å²) < 4.78 is 0. The first-order valence-corrected chi connectivity index (χ1v) is 4.48. The van der Waals surface area contributed by atoms with Crippen LogP contribution in [-0.2, 0) is 0 Å². The van der Waals surface area contributed by atoms with Gasteiger partial charge >= 0.3 is 0 Å². The van der Waals surface area contributed by atoms with E-state index < -0.39 is 0 Å². The Morgan fingerprint density at radius 1 is 1.29 bits per heavy atom. The standard InChI is InChI=1S/C11H12N2O/c1-6-5-7(2)11-9(10(6)12)8(14)3-4-13-11/h3-5H,12H2,1-2H3,(H,13,14). The minimum atomic E-state index is -0.0250. The molecule has 0 spiro atoms. The summed E-state index contributed by atoms with van der Waals surface area (Å²) in [5.74, 6) is 0. The van der Waals surface area contributed by atoms with Gasteiger partial charge in [0.2, 0.25) is 0 Å². The average Bonchev–Trinajstić information content (AvgIpc) is 2.14. The second kappa shape index (κ2) is 2.87. The van der Waals surface area contributed by atoms with E-state index in [0.717, 1.165) is 16.6 Å². The van der Waals surface area contributed by atoms with Crippen molar-refractivity contribution in [3.8, 4) is 0 Å². The van der Waals surface area contributed by atoms with Crippen molar-refractivity contribution >= 4 is 16.6 Å². The number of benzene rings is 1. The lowest BCUT2D eigenvalue weighted by molar-refractivity contribution is 1.33. The molecule has 1 aromatic carbocycles. The molecular formula is C11H12N2O. The van der Waals surface area contributed by atoms with E-state index in [-0.39, 0.29) is 5.43 Å². The number of nitrogen functional groups attached to an aromatic ring is 1. The van der Waals surface area contributed by atoms with Crippen molar-refractivity contribution in [2.45, 2.75) is 13.8 Å². The van der Waals surface area contributed by atoms with Gasteiger partial charge in [0.05, 0.1) is 10.9 Å². The van der Waals surface area contributed by atoms with Crippen LogP contribution in [0.1, 0.15) is 11.1 Å². The number of hydrogen-bond donors (Lipinski definition) is 2. The summed E-state index contributed by atoms with van der Waals surface area (Å²) in [4.78, 5) is 14.7. The van der Waals surface area contributed by atoms with Crippen molar-refractivity contribution in [1.82, 2.24) is 4.98 Å². The highest BCUT2D eigenvalue weighted by atomic mass is 16.1. The quantitative estimate of drug-likeness (QED) is 0.618. The lowest BCUT2D eigenvalue weighted by Gasteiger charge is -2.07. The summed E-state index contributed by atoms with van der Waals surface area (Å²) in [6.07, 6.45) is 1.65. The zero-order chi connectivity index (χ0) is 10.3. The van der Waals surface area contributed by atoms with E-state index in [4.69, 9.17) is 5.73 Å². The number of nitrogens with one attached hydrogen (secondary N) is 1. The molecule has 2 rings (SSSR count). The molecule has 0 radical (unpaired) electrons. The molecule has 1 aromatic heterocycles. The second-order valence-electron chi connectivity index (χ2n) is 3.52. The van der Waals surface area contributed by atoms with Gasteiger partial charge in [0.15, 0.2) is 5.43 Å². The third-order valence-electron chi connectivity index (χ3n) is 2.48. The Morgan fingerprint density at radius 2 is 2.00 bits per heavy atom. The molecule has 14 heavy (non-hydrogen) atoms. The molecule has 0 fully saturated rings. The Hall–Kier alpha value is -1.77. The minimum absolute atomic E-state index is 0.0250. The van der Waals surface area contributed by atoms with E-state index in [1.807, 2.05) is 19.9 Å². The van der Waals surface area contributed by atoms with Crippen LogP contribution in [0.2, 0.25) is 0 Å². The predicted molar refractivity (Wildman–Crippen MR) is 58.5 cm³/mol. The van der Waals surface area contributed by atoms with Crippen LogP contribution in [-0.4, -0.2) is 4.98 Å². The van der Waals surface area contributed by atoms with E-state index >= 15 is 0 Å². The van der Waals surface area contributed by atoms with Crippen LogP contribution in [0.3, 0.4) is 0 Å². The summed E-state index contributed by atoms with van der Waals surface area (Å²) >= 11 is 0. The molecule has 0 bridgehead atoms. The number of pyridine rings is 1. The Balaban J connectivity index is 3.11. The molecule has 0 aliphatic carbocycles. The number of rotatable bonds is 0. The van der Waals surface area contributed by atoms with Gasteiger partial charge in [-0.25, -0.2) is 0 Å². The number of nitrogens with two attached hydrogens (primary N) is 1. The fraction of sp³-hybridized carbons (Fsp3) is 0.182. The Kier molecular flexibility index (Phi) is 1.81. The fourth-order valence-corrected chi connectivity index (χ4v) is 1.73. The van der Waals surface area contributed by atoms with Crippen molar-refractivity contribution < 1.29 is 0 Å².